The van der Waals surface area contributed by atoms with Crippen LogP contribution in [0.4, 0.5) is 4.39 Å². The van der Waals surface area contributed by atoms with Crippen LogP contribution >= 0.6 is 0 Å². The van der Waals surface area contributed by atoms with Gasteiger partial charge in [-0.25, -0.2) is 4.39 Å². The van der Waals surface area contributed by atoms with Crippen LogP contribution in [0.1, 0.15) is 18.4 Å². The highest BCUT2D eigenvalue weighted by Gasteiger charge is 2.23. The van der Waals surface area contributed by atoms with E-state index < -0.39 is 0 Å². The molecule has 1 heterocycles. The van der Waals surface area contributed by atoms with Crippen molar-refractivity contribution >= 4 is 0 Å². The van der Waals surface area contributed by atoms with Gasteiger partial charge in [-0.05, 0) is 42.9 Å². The van der Waals surface area contributed by atoms with Gasteiger partial charge in [0.05, 0.1) is 6.61 Å². The largest absolute Gasteiger partial charge is 0.381 e. The molecule has 0 saturated carbocycles. The summed E-state index contributed by atoms with van der Waals surface area (Å²) < 4.78 is 18.3. The van der Waals surface area contributed by atoms with E-state index in [-0.39, 0.29) is 11.9 Å². The maximum atomic E-state index is 12.8. The van der Waals surface area contributed by atoms with Crippen molar-refractivity contribution in [1.29, 1.82) is 0 Å². The summed E-state index contributed by atoms with van der Waals surface area (Å²) in [7, 11) is 0. The first-order valence-electron chi connectivity index (χ1n) is 6.08. The Labute approximate surface area is 101 Å². The fraction of sp³-hybridized carbons (Fsp3) is 0.538. The number of nitrogens with one attached hydrogen (secondary N) is 1. The van der Waals surface area contributed by atoms with Gasteiger partial charge >= 0.3 is 0 Å². The van der Waals surface area contributed by atoms with E-state index in [9.17, 15) is 4.39 Å². The monoisotopic (exact) mass is 238 g/mol. The summed E-state index contributed by atoms with van der Waals surface area (Å²) in [6, 6.07) is 6.79. The highest BCUT2D eigenvalue weighted by molar-refractivity contribution is 5.17. The zero-order valence-corrected chi connectivity index (χ0v) is 9.86. The van der Waals surface area contributed by atoms with Crippen LogP contribution in [0.3, 0.4) is 0 Å². The fourth-order valence-corrected chi connectivity index (χ4v) is 2.32. The van der Waals surface area contributed by atoms with E-state index in [0.29, 0.717) is 5.92 Å². The number of rotatable bonds is 4. The Morgan fingerprint density at radius 1 is 1.41 bits per heavy atom. The summed E-state index contributed by atoms with van der Waals surface area (Å²) in [5.41, 5.74) is 3.96. The smallest absolute Gasteiger partial charge is 0.123 e. The lowest BCUT2D eigenvalue weighted by Crippen LogP contribution is -2.45. The quantitative estimate of drug-likeness (QED) is 0.619. The minimum Gasteiger partial charge on any atom is -0.381 e. The first kappa shape index (κ1) is 12.5. The van der Waals surface area contributed by atoms with Gasteiger partial charge in [0.2, 0.25) is 0 Å². The summed E-state index contributed by atoms with van der Waals surface area (Å²) >= 11 is 0. The van der Waals surface area contributed by atoms with Crippen LogP contribution in [0.25, 0.3) is 0 Å². The Balaban J connectivity index is 1.96. The van der Waals surface area contributed by atoms with Gasteiger partial charge in [0.25, 0.3) is 0 Å². The molecule has 3 N–H and O–H groups in total. The Bertz CT molecular complexity index is 336. The zero-order valence-electron chi connectivity index (χ0n) is 9.86. The van der Waals surface area contributed by atoms with Crippen LogP contribution in [-0.4, -0.2) is 19.3 Å². The van der Waals surface area contributed by atoms with Crippen LogP contribution in [-0.2, 0) is 11.2 Å². The molecule has 4 heteroatoms. The molecule has 2 unspecified atom stereocenters. The van der Waals surface area contributed by atoms with E-state index in [2.05, 4.69) is 5.43 Å². The van der Waals surface area contributed by atoms with Crippen LogP contribution in [0.5, 0.6) is 0 Å². The average molecular weight is 238 g/mol. The van der Waals surface area contributed by atoms with Crippen molar-refractivity contribution in [2.75, 3.05) is 13.2 Å². The normalized spacial score (nSPS) is 22.4. The third-order valence-corrected chi connectivity index (χ3v) is 3.35. The maximum absolute atomic E-state index is 12.8. The molecule has 1 aliphatic heterocycles. The van der Waals surface area contributed by atoms with Crippen molar-refractivity contribution in [3.8, 4) is 0 Å². The number of benzene rings is 1. The summed E-state index contributed by atoms with van der Waals surface area (Å²) in [6.07, 6.45) is 3.03. The number of ether oxygens (including phenoxy) is 1. The van der Waals surface area contributed by atoms with E-state index in [1.807, 2.05) is 12.1 Å². The Morgan fingerprint density at radius 2 is 2.18 bits per heavy atom. The molecule has 0 bridgehead atoms. The molecule has 0 amide bonds. The van der Waals surface area contributed by atoms with Gasteiger partial charge in [-0.2, -0.15) is 0 Å². The van der Waals surface area contributed by atoms with Crippen molar-refractivity contribution in [1.82, 2.24) is 5.43 Å². The molecular weight excluding hydrogens is 219 g/mol. The molecule has 1 fully saturated rings. The predicted molar refractivity (Wildman–Crippen MR) is 64.8 cm³/mol. The Hall–Kier alpha value is -0.970. The lowest BCUT2D eigenvalue weighted by molar-refractivity contribution is 0.0393. The van der Waals surface area contributed by atoms with E-state index in [1.54, 1.807) is 0 Å². The second-order valence-corrected chi connectivity index (χ2v) is 4.58. The molecule has 1 saturated heterocycles. The van der Waals surface area contributed by atoms with E-state index in [0.717, 1.165) is 38.0 Å². The summed E-state index contributed by atoms with van der Waals surface area (Å²) in [5.74, 6) is 5.84. The molecule has 1 aromatic rings. The molecule has 0 aromatic heterocycles. The van der Waals surface area contributed by atoms with Crippen LogP contribution in [0, 0.1) is 11.7 Å². The molecule has 17 heavy (non-hydrogen) atoms. The molecular formula is C13H19FN2O. The van der Waals surface area contributed by atoms with Crippen molar-refractivity contribution in [3.63, 3.8) is 0 Å². The third kappa shape index (κ3) is 3.49. The molecule has 94 valence electrons. The number of hydrogen-bond acceptors (Lipinski definition) is 3. The average Bonchev–Trinajstić information content (AvgIpc) is 2.39. The molecule has 0 aliphatic carbocycles. The minimum atomic E-state index is -0.202. The predicted octanol–water partition coefficient (Wildman–Crippen LogP) is 1.63. The first-order valence-corrected chi connectivity index (χ1v) is 6.08. The molecule has 1 aliphatic rings. The fourth-order valence-electron chi connectivity index (χ4n) is 2.32. The number of nitrogens with two attached hydrogens (primary N) is 1. The van der Waals surface area contributed by atoms with E-state index in [1.165, 1.54) is 12.1 Å². The summed E-state index contributed by atoms with van der Waals surface area (Å²) in [6.45, 7) is 1.61. The maximum Gasteiger partial charge on any atom is 0.123 e. The van der Waals surface area contributed by atoms with Crippen molar-refractivity contribution < 1.29 is 9.13 Å². The van der Waals surface area contributed by atoms with Crippen LogP contribution in [0.2, 0.25) is 0 Å². The molecule has 2 rings (SSSR count). The SMILES string of the molecule is NNC(Cc1ccc(F)cc1)C1CCCOC1. The van der Waals surface area contributed by atoms with E-state index in [4.69, 9.17) is 10.6 Å². The Kier molecular flexibility index (Phi) is 4.48. The summed E-state index contributed by atoms with van der Waals surface area (Å²) in [4.78, 5) is 0. The van der Waals surface area contributed by atoms with Crippen LogP contribution in [0.15, 0.2) is 24.3 Å². The number of halogens is 1. The van der Waals surface area contributed by atoms with Crippen LogP contribution < -0.4 is 11.3 Å². The molecule has 2 atom stereocenters. The third-order valence-electron chi connectivity index (χ3n) is 3.35. The summed E-state index contributed by atoms with van der Waals surface area (Å²) in [5, 5.41) is 0. The van der Waals surface area contributed by atoms with Gasteiger partial charge in [0.1, 0.15) is 5.82 Å². The highest BCUT2D eigenvalue weighted by atomic mass is 19.1. The van der Waals surface area contributed by atoms with Gasteiger partial charge in [-0.15, -0.1) is 0 Å². The topological polar surface area (TPSA) is 47.3 Å². The number of hydrazine groups is 1. The van der Waals surface area contributed by atoms with E-state index >= 15 is 0 Å². The van der Waals surface area contributed by atoms with Gasteiger partial charge < -0.3 is 4.74 Å². The van der Waals surface area contributed by atoms with Crippen molar-refractivity contribution in [2.45, 2.75) is 25.3 Å². The number of hydrogen-bond donors (Lipinski definition) is 2. The second kappa shape index (κ2) is 6.10. The highest BCUT2D eigenvalue weighted by Crippen LogP contribution is 2.20. The van der Waals surface area contributed by atoms with Gasteiger partial charge in [0, 0.05) is 12.6 Å². The van der Waals surface area contributed by atoms with Gasteiger partial charge in [0.15, 0.2) is 0 Å². The lowest BCUT2D eigenvalue weighted by atomic mass is 9.90. The minimum absolute atomic E-state index is 0.195. The standard InChI is InChI=1S/C13H19FN2O/c14-12-5-3-10(4-6-12)8-13(16-15)11-2-1-7-17-9-11/h3-6,11,13,16H,1-2,7-9,15H2. The molecule has 1 aromatic carbocycles. The molecule has 0 radical (unpaired) electrons. The molecule has 0 spiro atoms. The van der Waals surface area contributed by atoms with Gasteiger partial charge in [-0.3, -0.25) is 11.3 Å². The zero-order chi connectivity index (χ0) is 12.1. The van der Waals surface area contributed by atoms with Crippen molar-refractivity contribution in [3.05, 3.63) is 35.6 Å². The van der Waals surface area contributed by atoms with Crippen molar-refractivity contribution in [2.24, 2.45) is 11.8 Å². The first-order chi connectivity index (χ1) is 8.29. The second-order valence-electron chi connectivity index (χ2n) is 4.58. The lowest BCUT2D eigenvalue weighted by Gasteiger charge is -2.29. The Morgan fingerprint density at radius 3 is 2.76 bits per heavy atom. The van der Waals surface area contributed by atoms with Gasteiger partial charge in [-0.1, -0.05) is 12.1 Å². The molecule has 3 nitrogen and oxygen atoms in total.